The lowest BCUT2D eigenvalue weighted by molar-refractivity contribution is -0.151. The number of hydrogen-bond acceptors (Lipinski definition) is 7. The molecular weight excluding hydrogens is 785 g/mol. The van der Waals surface area contributed by atoms with E-state index in [1.54, 1.807) is 0 Å². The van der Waals surface area contributed by atoms with Crippen LogP contribution in [-0.4, -0.2) is 56.7 Å². The van der Waals surface area contributed by atoms with Crippen LogP contribution in [0.1, 0.15) is 264 Å². The number of benzene rings is 1. The van der Waals surface area contributed by atoms with E-state index in [4.69, 9.17) is 23.7 Å². The van der Waals surface area contributed by atoms with Crippen LogP contribution in [0, 0.1) is 0 Å². The van der Waals surface area contributed by atoms with E-state index >= 15 is 0 Å². The van der Waals surface area contributed by atoms with Gasteiger partial charge in [-0.1, -0.05) is 199 Å². The highest BCUT2D eigenvalue weighted by Crippen LogP contribution is 2.20. The monoisotopic (exact) mass is 887 g/mol. The van der Waals surface area contributed by atoms with Gasteiger partial charge in [0.15, 0.2) is 0 Å². The van der Waals surface area contributed by atoms with Crippen LogP contribution in [0.5, 0.6) is 0 Å². The number of hydrogen-bond donors (Lipinski definition) is 0. The molecular formula is C56H102O7. The van der Waals surface area contributed by atoms with Gasteiger partial charge in [-0.2, -0.15) is 0 Å². The first-order valence-electron chi connectivity index (χ1n) is 27.2. The van der Waals surface area contributed by atoms with Crippen LogP contribution in [-0.2, 0) is 39.9 Å². The molecule has 1 atom stereocenters. The summed E-state index contributed by atoms with van der Waals surface area (Å²) in [6.07, 6.45) is 40.7. The molecule has 0 aromatic heterocycles. The van der Waals surface area contributed by atoms with Crippen LogP contribution < -0.4 is 0 Å². The molecule has 0 N–H and O–H groups in total. The minimum Gasteiger partial charge on any atom is -0.462 e. The fraction of sp³-hybridized carbons (Fsp3) is 0.857. The van der Waals surface area contributed by atoms with Crippen molar-refractivity contribution in [3.8, 4) is 0 Å². The summed E-state index contributed by atoms with van der Waals surface area (Å²) >= 11 is 0. The second-order valence-electron chi connectivity index (χ2n) is 18.6. The Hall–Kier alpha value is -1.96. The van der Waals surface area contributed by atoms with E-state index in [1.165, 1.54) is 128 Å². The number of ether oxygens (including phenoxy) is 5. The Balaban J connectivity index is 2.43. The summed E-state index contributed by atoms with van der Waals surface area (Å²) in [7, 11) is 0. The Morgan fingerprint density at radius 2 is 0.762 bits per heavy atom. The van der Waals surface area contributed by atoms with E-state index in [2.05, 4.69) is 39.8 Å². The van der Waals surface area contributed by atoms with Crippen LogP contribution in [0.4, 0.5) is 0 Å². The lowest BCUT2D eigenvalue weighted by Gasteiger charge is -2.19. The third-order valence-corrected chi connectivity index (χ3v) is 12.4. The van der Waals surface area contributed by atoms with Crippen molar-refractivity contribution in [3.05, 3.63) is 35.9 Å². The molecule has 0 aliphatic rings. The van der Waals surface area contributed by atoms with Gasteiger partial charge in [-0.25, -0.2) is 0 Å². The van der Waals surface area contributed by atoms with Crippen LogP contribution in [0.2, 0.25) is 0 Å². The third kappa shape index (κ3) is 40.1. The van der Waals surface area contributed by atoms with Gasteiger partial charge in [-0.05, 0) is 82.6 Å². The molecule has 7 nitrogen and oxygen atoms in total. The second-order valence-corrected chi connectivity index (χ2v) is 18.6. The summed E-state index contributed by atoms with van der Waals surface area (Å²) < 4.78 is 30.6. The molecule has 1 aromatic rings. The van der Waals surface area contributed by atoms with Crippen molar-refractivity contribution >= 4 is 11.9 Å². The van der Waals surface area contributed by atoms with Gasteiger partial charge in [0.2, 0.25) is 0 Å². The molecule has 1 unspecified atom stereocenters. The zero-order valence-electron chi connectivity index (χ0n) is 42.0. The number of rotatable bonds is 49. The molecule has 0 radical (unpaired) electrons. The molecule has 0 spiro atoms. The van der Waals surface area contributed by atoms with Crippen molar-refractivity contribution in [2.24, 2.45) is 0 Å². The van der Waals surface area contributed by atoms with E-state index < -0.39 is 0 Å². The number of carbonyl (C=O) groups excluding carboxylic acids is 2. The van der Waals surface area contributed by atoms with Crippen molar-refractivity contribution in [2.75, 3.05) is 26.4 Å². The topological polar surface area (TPSA) is 80.3 Å². The van der Waals surface area contributed by atoms with E-state index in [0.29, 0.717) is 45.9 Å². The highest BCUT2D eigenvalue weighted by atomic mass is 16.6. The predicted octanol–water partition coefficient (Wildman–Crippen LogP) is 16.6. The first-order chi connectivity index (χ1) is 31.0. The summed E-state index contributed by atoms with van der Waals surface area (Å²) in [4.78, 5) is 25.7. The fourth-order valence-electron chi connectivity index (χ4n) is 8.31. The average Bonchev–Trinajstić information content (AvgIpc) is 3.28. The molecule has 0 aliphatic heterocycles. The molecule has 0 heterocycles. The molecule has 0 fully saturated rings. The molecule has 1 aromatic carbocycles. The van der Waals surface area contributed by atoms with Gasteiger partial charge in [0.1, 0.15) is 18.3 Å². The van der Waals surface area contributed by atoms with Crippen LogP contribution >= 0.6 is 0 Å². The first kappa shape index (κ1) is 59.1. The molecule has 63 heavy (non-hydrogen) atoms. The van der Waals surface area contributed by atoms with E-state index in [9.17, 15) is 9.59 Å². The summed E-state index contributed by atoms with van der Waals surface area (Å²) in [5.41, 5.74) is 1.14. The standard InChI is InChI=1S/C56H102O7/c1-5-9-13-17-21-30-40-52(41-31-22-18-14-10-6-2)62-55(57)44-34-26-36-46-59-49-54(50-60-48-51-38-28-25-29-39-51)61-47-37-27-35-45-56(58)63-53(42-32-23-19-15-11-7-3)43-33-24-20-16-12-8-4/h25,28-29,38-39,52-54H,5-24,26-27,30-37,40-50H2,1-4H3. The summed E-state index contributed by atoms with van der Waals surface area (Å²) in [6.45, 7) is 11.7. The molecule has 0 bridgehead atoms. The van der Waals surface area contributed by atoms with Gasteiger partial charge in [-0.3, -0.25) is 9.59 Å². The quantitative estimate of drug-likeness (QED) is 0.0476. The summed E-state index contributed by atoms with van der Waals surface area (Å²) in [6, 6.07) is 10.2. The SMILES string of the molecule is CCCCCCCCC(CCCCCCCC)OC(=O)CCCCCOCC(COCc1ccccc1)OCCCCCC(=O)OC(CCCCCCCC)CCCCCCCC. The fourth-order valence-corrected chi connectivity index (χ4v) is 8.31. The van der Waals surface area contributed by atoms with Gasteiger partial charge >= 0.3 is 11.9 Å². The van der Waals surface area contributed by atoms with Gasteiger partial charge < -0.3 is 23.7 Å². The lowest BCUT2D eigenvalue weighted by atomic mass is 10.0. The molecule has 0 aliphatic carbocycles. The maximum Gasteiger partial charge on any atom is 0.306 e. The van der Waals surface area contributed by atoms with Crippen LogP contribution in [0.25, 0.3) is 0 Å². The maximum absolute atomic E-state index is 12.9. The zero-order chi connectivity index (χ0) is 45.5. The number of unbranched alkanes of at least 4 members (excludes halogenated alkanes) is 24. The molecule has 7 heteroatoms. The molecule has 0 saturated heterocycles. The molecule has 1 rings (SSSR count). The summed E-state index contributed by atoms with van der Waals surface area (Å²) in [5, 5.41) is 0. The highest BCUT2D eigenvalue weighted by molar-refractivity contribution is 5.69. The van der Waals surface area contributed by atoms with E-state index in [-0.39, 0.29) is 30.3 Å². The first-order valence-corrected chi connectivity index (χ1v) is 27.2. The van der Waals surface area contributed by atoms with Gasteiger partial charge in [0.25, 0.3) is 0 Å². The van der Waals surface area contributed by atoms with Crippen molar-refractivity contribution in [1.29, 1.82) is 0 Å². The maximum atomic E-state index is 12.9. The minimum atomic E-state index is -0.159. The lowest BCUT2D eigenvalue weighted by Crippen LogP contribution is -2.26. The Kier molecular flexibility index (Phi) is 43.7. The van der Waals surface area contributed by atoms with Crippen molar-refractivity contribution < 1.29 is 33.3 Å². The second kappa shape index (κ2) is 46.6. The Morgan fingerprint density at radius 3 is 1.19 bits per heavy atom. The summed E-state index contributed by atoms with van der Waals surface area (Å²) in [5.74, 6) is -0.0680. The van der Waals surface area contributed by atoms with Crippen molar-refractivity contribution in [1.82, 2.24) is 0 Å². The van der Waals surface area contributed by atoms with Crippen LogP contribution in [0.3, 0.4) is 0 Å². The minimum absolute atomic E-state index is 0.0324. The van der Waals surface area contributed by atoms with Gasteiger partial charge in [0.05, 0.1) is 19.8 Å². The highest BCUT2D eigenvalue weighted by Gasteiger charge is 2.16. The smallest absolute Gasteiger partial charge is 0.306 e. The number of esters is 2. The van der Waals surface area contributed by atoms with E-state index in [1.807, 2.05) is 18.2 Å². The van der Waals surface area contributed by atoms with Gasteiger partial charge in [0, 0.05) is 26.1 Å². The third-order valence-electron chi connectivity index (χ3n) is 12.4. The molecule has 368 valence electrons. The zero-order valence-corrected chi connectivity index (χ0v) is 42.0. The Labute approximate surface area is 390 Å². The normalized spacial score (nSPS) is 12.1. The molecule has 0 saturated carbocycles. The average molecular weight is 887 g/mol. The van der Waals surface area contributed by atoms with Crippen molar-refractivity contribution in [2.45, 2.75) is 284 Å². The van der Waals surface area contributed by atoms with E-state index in [0.717, 1.165) is 95.5 Å². The molecule has 0 amide bonds. The Morgan fingerprint density at radius 1 is 0.397 bits per heavy atom. The van der Waals surface area contributed by atoms with Gasteiger partial charge in [-0.15, -0.1) is 0 Å². The largest absolute Gasteiger partial charge is 0.462 e. The predicted molar refractivity (Wildman–Crippen MR) is 265 cm³/mol. The Bertz CT molecular complexity index is 1060. The number of carbonyl (C=O) groups is 2. The van der Waals surface area contributed by atoms with Crippen molar-refractivity contribution in [3.63, 3.8) is 0 Å². The van der Waals surface area contributed by atoms with Crippen LogP contribution in [0.15, 0.2) is 30.3 Å².